The maximum Gasteiger partial charge on any atom is 0.257 e. The number of hydrogen-bond donors (Lipinski definition) is 2. The van der Waals surface area contributed by atoms with E-state index in [1.165, 1.54) is 0 Å². The molecule has 1 aliphatic rings. The Balaban J connectivity index is 1.61. The van der Waals surface area contributed by atoms with Gasteiger partial charge in [-0.2, -0.15) is 0 Å². The molecule has 0 unspecified atom stereocenters. The first-order chi connectivity index (χ1) is 13.9. The number of carbonyl (C=O) groups is 2. The summed E-state index contributed by atoms with van der Waals surface area (Å²) in [5.41, 5.74) is 5.45. The molecule has 0 spiro atoms. The van der Waals surface area contributed by atoms with Crippen LogP contribution in [0.5, 0.6) is 5.75 Å². The van der Waals surface area contributed by atoms with Crippen molar-refractivity contribution in [3.8, 4) is 5.75 Å². The van der Waals surface area contributed by atoms with Gasteiger partial charge in [-0.1, -0.05) is 30.3 Å². The van der Waals surface area contributed by atoms with E-state index in [0.717, 1.165) is 0 Å². The third-order valence-corrected chi connectivity index (χ3v) is 6.18. The van der Waals surface area contributed by atoms with Gasteiger partial charge in [0.2, 0.25) is 10.0 Å². The van der Waals surface area contributed by atoms with Crippen molar-refractivity contribution >= 4 is 21.8 Å². The molecular formula is C20H23N3O5S. The largest absolute Gasteiger partial charge is 0.483 e. The van der Waals surface area contributed by atoms with Gasteiger partial charge in [-0.05, 0) is 37.1 Å². The first-order valence-electron chi connectivity index (χ1n) is 9.23. The summed E-state index contributed by atoms with van der Waals surface area (Å²) in [4.78, 5) is 25.7. The van der Waals surface area contributed by atoms with Crippen molar-refractivity contribution in [2.24, 2.45) is 5.73 Å². The third-order valence-electron chi connectivity index (χ3n) is 4.64. The third kappa shape index (κ3) is 5.33. The van der Waals surface area contributed by atoms with Crippen LogP contribution in [0.15, 0.2) is 59.5 Å². The molecular weight excluding hydrogens is 394 g/mol. The number of hydrogen-bond acceptors (Lipinski definition) is 5. The van der Waals surface area contributed by atoms with E-state index < -0.39 is 15.9 Å². The molecule has 0 radical (unpaired) electrons. The highest BCUT2D eigenvalue weighted by Crippen LogP contribution is 2.22. The second kappa shape index (κ2) is 9.06. The number of nitrogens with one attached hydrogen (secondary N) is 1. The lowest BCUT2D eigenvalue weighted by Gasteiger charge is -2.32. The number of carbonyl (C=O) groups excluding carboxylic acids is 2. The fourth-order valence-electron chi connectivity index (χ4n) is 3.18. The quantitative estimate of drug-likeness (QED) is 0.700. The summed E-state index contributed by atoms with van der Waals surface area (Å²) >= 11 is 0. The van der Waals surface area contributed by atoms with E-state index in [-0.39, 0.29) is 23.5 Å². The number of sulfonamides is 1. The number of nitrogens with zero attached hydrogens (tertiary/aromatic N) is 1. The lowest BCUT2D eigenvalue weighted by atomic mass is 10.0. The van der Waals surface area contributed by atoms with Gasteiger partial charge in [-0.15, -0.1) is 0 Å². The van der Waals surface area contributed by atoms with Gasteiger partial charge in [-0.25, -0.2) is 13.1 Å². The number of amides is 2. The number of rotatable bonds is 7. The molecule has 1 fully saturated rings. The number of nitrogens with two attached hydrogens (primary N) is 1. The van der Waals surface area contributed by atoms with Crippen molar-refractivity contribution in [1.82, 2.24) is 9.62 Å². The average molecular weight is 417 g/mol. The normalized spacial score (nSPS) is 15.1. The molecule has 1 heterocycles. The number of benzene rings is 2. The predicted octanol–water partition coefficient (Wildman–Crippen LogP) is 1.13. The maximum absolute atomic E-state index is 12.9. The minimum absolute atomic E-state index is 0.221. The molecule has 1 aliphatic heterocycles. The molecule has 0 aliphatic carbocycles. The Morgan fingerprint density at radius 1 is 1.03 bits per heavy atom. The molecule has 2 aromatic rings. The molecule has 1 saturated heterocycles. The van der Waals surface area contributed by atoms with E-state index in [9.17, 15) is 18.0 Å². The van der Waals surface area contributed by atoms with Gasteiger partial charge in [0.25, 0.3) is 11.8 Å². The van der Waals surface area contributed by atoms with E-state index in [4.69, 9.17) is 10.5 Å². The molecule has 3 rings (SSSR count). The van der Waals surface area contributed by atoms with Crippen LogP contribution in [-0.2, 0) is 14.8 Å². The highest BCUT2D eigenvalue weighted by atomic mass is 32.2. The fourth-order valence-corrected chi connectivity index (χ4v) is 4.50. The Hall–Kier alpha value is -2.91. The molecule has 2 aromatic carbocycles. The van der Waals surface area contributed by atoms with Crippen molar-refractivity contribution in [3.63, 3.8) is 0 Å². The summed E-state index contributed by atoms with van der Waals surface area (Å²) < 4.78 is 33.0. The summed E-state index contributed by atoms with van der Waals surface area (Å²) in [5.74, 6) is -0.559. The van der Waals surface area contributed by atoms with Crippen LogP contribution >= 0.6 is 0 Å². The van der Waals surface area contributed by atoms with Crippen LogP contribution < -0.4 is 15.2 Å². The van der Waals surface area contributed by atoms with E-state index in [0.29, 0.717) is 37.2 Å². The minimum Gasteiger partial charge on any atom is -0.483 e. The smallest absolute Gasteiger partial charge is 0.257 e. The van der Waals surface area contributed by atoms with E-state index in [2.05, 4.69) is 4.72 Å². The number of ether oxygens (including phenoxy) is 1. The Kier molecular flexibility index (Phi) is 6.50. The number of likely N-dealkylation sites (tertiary alicyclic amines) is 1. The highest BCUT2D eigenvalue weighted by molar-refractivity contribution is 7.89. The molecule has 154 valence electrons. The van der Waals surface area contributed by atoms with Crippen LogP contribution in [-0.4, -0.2) is 50.9 Å². The first kappa shape index (κ1) is 20.8. The zero-order valence-electron chi connectivity index (χ0n) is 15.8. The fraction of sp³-hybridized carbons (Fsp3) is 0.300. The first-order valence-corrected chi connectivity index (χ1v) is 10.7. The molecule has 9 heteroatoms. The molecule has 0 saturated carbocycles. The van der Waals surface area contributed by atoms with Gasteiger partial charge in [0.05, 0.1) is 10.5 Å². The zero-order chi connectivity index (χ0) is 20.9. The van der Waals surface area contributed by atoms with Gasteiger partial charge in [0.1, 0.15) is 5.75 Å². The SMILES string of the molecule is NC(=O)COc1ccccc1C(=O)N1CCC(NS(=O)(=O)c2ccccc2)CC1. The van der Waals surface area contributed by atoms with Crippen molar-refractivity contribution < 1.29 is 22.7 Å². The second-order valence-corrected chi connectivity index (χ2v) is 8.47. The maximum atomic E-state index is 12.9. The summed E-state index contributed by atoms with van der Waals surface area (Å²) in [7, 11) is -3.59. The Morgan fingerprint density at radius 3 is 2.31 bits per heavy atom. The average Bonchev–Trinajstić information content (AvgIpc) is 2.73. The molecule has 0 bridgehead atoms. The molecule has 29 heavy (non-hydrogen) atoms. The molecule has 0 aromatic heterocycles. The number of primary amides is 1. The van der Waals surface area contributed by atoms with Crippen molar-refractivity contribution in [2.75, 3.05) is 19.7 Å². The molecule has 2 amide bonds. The monoisotopic (exact) mass is 417 g/mol. The Morgan fingerprint density at radius 2 is 1.66 bits per heavy atom. The van der Waals surface area contributed by atoms with Crippen LogP contribution in [0.2, 0.25) is 0 Å². The van der Waals surface area contributed by atoms with E-state index in [1.807, 2.05) is 0 Å². The Labute approximate surface area is 169 Å². The summed E-state index contributed by atoms with van der Waals surface area (Å²) in [6, 6.07) is 14.6. The standard InChI is InChI=1S/C20H23N3O5S/c21-19(24)14-28-18-9-5-4-8-17(18)20(25)23-12-10-15(11-13-23)22-29(26,27)16-6-2-1-3-7-16/h1-9,15,22H,10-14H2,(H2,21,24). The van der Waals surface area contributed by atoms with Crippen LogP contribution in [0.25, 0.3) is 0 Å². The second-order valence-electron chi connectivity index (χ2n) is 6.75. The number of para-hydroxylation sites is 1. The molecule has 8 nitrogen and oxygen atoms in total. The lowest BCUT2D eigenvalue weighted by molar-refractivity contribution is -0.119. The van der Waals surface area contributed by atoms with Gasteiger partial charge in [-0.3, -0.25) is 9.59 Å². The van der Waals surface area contributed by atoms with Crippen LogP contribution in [0.3, 0.4) is 0 Å². The van der Waals surface area contributed by atoms with Gasteiger partial charge in [0, 0.05) is 19.1 Å². The van der Waals surface area contributed by atoms with Crippen LogP contribution in [0.4, 0.5) is 0 Å². The van der Waals surface area contributed by atoms with Crippen LogP contribution in [0, 0.1) is 0 Å². The Bertz CT molecular complexity index is 971. The van der Waals surface area contributed by atoms with Gasteiger partial charge >= 0.3 is 0 Å². The molecule has 3 N–H and O–H groups in total. The van der Waals surface area contributed by atoms with Gasteiger partial charge in [0.15, 0.2) is 6.61 Å². The van der Waals surface area contributed by atoms with Crippen molar-refractivity contribution in [1.29, 1.82) is 0 Å². The summed E-state index contributed by atoms with van der Waals surface area (Å²) in [6.07, 6.45) is 1.00. The molecule has 0 atom stereocenters. The predicted molar refractivity (Wildman–Crippen MR) is 107 cm³/mol. The number of piperidine rings is 1. The lowest BCUT2D eigenvalue weighted by Crippen LogP contribution is -2.46. The van der Waals surface area contributed by atoms with E-state index >= 15 is 0 Å². The zero-order valence-corrected chi connectivity index (χ0v) is 16.6. The van der Waals surface area contributed by atoms with Crippen molar-refractivity contribution in [2.45, 2.75) is 23.8 Å². The topological polar surface area (TPSA) is 119 Å². The highest BCUT2D eigenvalue weighted by Gasteiger charge is 2.28. The minimum atomic E-state index is -3.59. The summed E-state index contributed by atoms with van der Waals surface area (Å²) in [5, 5.41) is 0. The van der Waals surface area contributed by atoms with Crippen LogP contribution in [0.1, 0.15) is 23.2 Å². The van der Waals surface area contributed by atoms with E-state index in [1.54, 1.807) is 59.5 Å². The summed E-state index contributed by atoms with van der Waals surface area (Å²) in [6.45, 7) is 0.504. The van der Waals surface area contributed by atoms with Crippen molar-refractivity contribution in [3.05, 3.63) is 60.2 Å². The van der Waals surface area contributed by atoms with Gasteiger partial charge < -0.3 is 15.4 Å².